The molecule has 29 heavy (non-hydrogen) atoms. The molecule has 0 atom stereocenters. The second kappa shape index (κ2) is 10.6. The van der Waals surface area contributed by atoms with Crippen LogP contribution in [0.25, 0.3) is 0 Å². The molecular formula is C20H24N2O6S. The van der Waals surface area contributed by atoms with Gasteiger partial charge in [0.15, 0.2) is 6.61 Å². The van der Waals surface area contributed by atoms with Gasteiger partial charge in [0.2, 0.25) is 10.0 Å². The number of amides is 1. The first-order valence-electron chi connectivity index (χ1n) is 9.12. The molecular weight excluding hydrogens is 396 g/mol. The van der Waals surface area contributed by atoms with Crippen LogP contribution in [0.15, 0.2) is 53.4 Å². The molecule has 9 heteroatoms. The maximum Gasteiger partial charge on any atom is 0.338 e. The highest BCUT2D eigenvalue weighted by molar-refractivity contribution is 7.89. The van der Waals surface area contributed by atoms with Gasteiger partial charge in [-0.1, -0.05) is 25.8 Å². The van der Waals surface area contributed by atoms with Crippen molar-refractivity contribution < 1.29 is 27.5 Å². The van der Waals surface area contributed by atoms with Crippen molar-refractivity contribution in [3.05, 3.63) is 54.1 Å². The van der Waals surface area contributed by atoms with Crippen LogP contribution in [0, 0.1) is 0 Å². The van der Waals surface area contributed by atoms with E-state index in [4.69, 9.17) is 14.6 Å². The van der Waals surface area contributed by atoms with E-state index < -0.39 is 28.5 Å². The highest BCUT2D eigenvalue weighted by Crippen LogP contribution is 2.15. The van der Waals surface area contributed by atoms with E-state index in [9.17, 15) is 18.0 Å². The van der Waals surface area contributed by atoms with Crippen LogP contribution in [0.3, 0.4) is 0 Å². The third-order valence-corrected chi connectivity index (χ3v) is 4.80. The molecule has 2 rings (SSSR count). The third-order valence-electron chi connectivity index (χ3n) is 3.89. The Morgan fingerprint density at radius 2 is 1.79 bits per heavy atom. The summed E-state index contributed by atoms with van der Waals surface area (Å²) in [7, 11) is -3.88. The monoisotopic (exact) mass is 420 g/mol. The number of sulfonamides is 1. The second-order valence-corrected chi connectivity index (χ2v) is 7.84. The molecule has 0 saturated heterocycles. The lowest BCUT2D eigenvalue weighted by molar-refractivity contribution is -0.119. The molecule has 0 saturated carbocycles. The number of nitrogens with one attached hydrogen (secondary N) is 1. The normalized spacial score (nSPS) is 11.0. The predicted molar refractivity (Wildman–Crippen MR) is 108 cm³/mol. The van der Waals surface area contributed by atoms with Gasteiger partial charge in [0.25, 0.3) is 5.91 Å². The molecule has 0 heterocycles. The van der Waals surface area contributed by atoms with Gasteiger partial charge in [-0.2, -0.15) is 0 Å². The summed E-state index contributed by atoms with van der Waals surface area (Å²) in [5.41, 5.74) is 0.511. The number of ether oxygens (including phenoxy) is 2. The summed E-state index contributed by atoms with van der Waals surface area (Å²) in [5, 5.41) is 7.50. The lowest BCUT2D eigenvalue weighted by Gasteiger charge is -2.09. The Balaban J connectivity index is 1.83. The molecule has 0 aromatic heterocycles. The summed E-state index contributed by atoms with van der Waals surface area (Å²) in [4.78, 5) is 23.9. The molecule has 1 amide bonds. The van der Waals surface area contributed by atoms with Gasteiger partial charge in [0.05, 0.1) is 17.1 Å². The maximum absolute atomic E-state index is 12.1. The van der Waals surface area contributed by atoms with Crippen molar-refractivity contribution in [2.24, 2.45) is 5.14 Å². The van der Waals surface area contributed by atoms with E-state index in [-0.39, 0.29) is 16.1 Å². The van der Waals surface area contributed by atoms with Gasteiger partial charge >= 0.3 is 5.97 Å². The van der Waals surface area contributed by atoms with Crippen molar-refractivity contribution in [1.82, 2.24) is 0 Å². The summed E-state index contributed by atoms with van der Waals surface area (Å²) in [6.45, 7) is 2.21. The van der Waals surface area contributed by atoms with Gasteiger partial charge in [0.1, 0.15) is 5.75 Å². The first-order valence-corrected chi connectivity index (χ1v) is 10.7. The number of nitrogens with two attached hydrogens (primary N) is 1. The lowest BCUT2D eigenvalue weighted by Crippen LogP contribution is -2.21. The average molecular weight is 420 g/mol. The summed E-state index contributed by atoms with van der Waals surface area (Å²) in [6.07, 6.45) is 3.17. The van der Waals surface area contributed by atoms with Crippen molar-refractivity contribution in [1.29, 1.82) is 0 Å². The Kier molecular flexibility index (Phi) is 8.17. The topological polar surface area (TPSA) is 125 Å². The standard InChI is InChI=1S/C20H24N2O6S/c1-2-3-4-12-27-17-10-8-15(9-11-17)20(24)28-14-19(23)22-16-6-5-7-18(13-16)29(21,25)26/h5-11,13H,2-4,12,14H2,1H3,(H,22,23)(H2,21,25,26). The largest absolute Gasteiger partial charge is 0.494 e. The minimum absolute atomic E-state index is 0.135. The highest BCUT2D eigenvalue weighted by Gasteiger charge is 2.12. The van der Waals surface area contributed by atoms with Crippen molar-refractivity contribution in [2.45, 2.75) is 31.1 Å². The molecule has 0 radical (unpaired) electrons. The minimum Gasteiger partial charge on any atom is -0.494 e. The molecule has 2 aromatic carbocycles. The quantitative estimate of drug-likeness (QED) is 0.450. The first kappa shape index (κ1) is 22.4. The fourth-order valence-corrected chi connectivity index (χ4v) is 2.95. The first-order chi connectivity index (χ1) is 13.8. The summed E-state index contributed by atoms with van der Waals surface area (Å²) in [6, 6.07) is 11.9. The maximum atomic E-state index is 12.1. The van der Waals surface area contributed by atoms with Gasteiger partial charge in [-0.3, -0.25) is 4.79 Å². The number of unbranched alkanes of at least 4 members (excludes halogenated alkanes) is 2. The molecule has 3 N–H and O–H groups in total. The number of rotatable bonds is 10. The summed E-state index contributed by atoms with van der Waals surface area (Å²) in [5.74, 6) is -0.609. The number of esters is 1. The number of hydrogen-bond donors (Lipinski definition) is 2. The van der Waals surface area contributed by atoms with Gasteiger partial charge in [-0.25, -0.2) is 18.4 Å². The van der Waals surface area contributed by atoms with Crippen molar-refractivity contribution >= 4 is 27.6 Å². The Morgan fingerprint density at radius 3 is 2.45 bits per heavy atom. The summed E-state index contributed by atoms with van der Waals surface area (Å²) < 4.78 is 33.2. The fourth-order valence-electron chi connectivity index (χ4n) is 2.39. The SMILES string of the molecule is CCCCCOc1ccc(C(=O)OCC(=O)Nc2cccc(S(N)(=O)=O)c2)cc1. The summed E-state index contributed by atoms with van der Waals surface area (Å²) >= 11 is 0. The van der Waals surface area contributed by atoms with Gasteiger partial charge < -0.3 is 14.8 Å². The molecule has 0 spiro atoms. The molecule has 8 nitrogen and oxygen atoms in total. The number of benzene rings is 2. The van der Waals surface area contributed by atoms with E-state index in [2.05, 4.69) is 12.2 Å². The molecule has 0 aliphatic rings. The number of primary sulfonamides is 1. The molecule has 2 aromatic rings. The Bertz CT molecular complexity index is 942. The van der Waals surface area contributed by atoms with Crippen LogP contribution in [0.4, 0.5) is 5.69 Å². The van der Waals surface area contributed by atoms with Gasteiger partial charge in [-0.05, 0) is 48.9 Å². The van der Waals surface area contributed by atoms with Crippen LogP contribution in [0.2, 0.25) is 0 Å². The number of hydrogen-bond acceptors (Lipinski definition) is 6. The highest BCUT2D eigenvalue weighted by atomic mass is 32.2. The number of anilines is 1. The van der Waals surface area contributed by atoms with Crippen LogP contribution in [-0.2, 0) is 19.6 Å². The van der Waals surface area contributed by atoms with Crippen molar-refractivity contribution in [3.8, 4) is 5.75 Å². The van der Waals surface area contributed by atoms with E-state index in [1.54, 1.807) is 24.3 Å². The molecule has 0 unspecified atom stereocenters. The van der Waals surface area contributed by atoms with Crippen LogP contribution >= 0.6 is 0 Å². The van der Waals surface area contributed by atoms with E-state index in [0.717, 1.165) is 19.3 Å². The molecule has 0 bridgehead atoms. The molecule has 0 aliphatic heterocycles. The molecule has 0 fully saturated rings. The predicted octanol–water partition coefficient (Wildman–Crippen LogP) is 2.70. The fraction of sp³-hybridized carbons (Fsp3) is 0.300. The zero-order valence-electron chi connectivity index (χ0n) is 16.1. The van der Waals surface area contributed by atoms with Crippen LogP contribution in [0.5, 0.6) is 5.75 Å². The lowest BCUT2D eigenvalue weighted by atomic mass is 10.2. The van der Waals surface area contributed by atoms with Crippen LogP contribution < -0.4 is 15.2 Å². The van der Waals surface area contributed by atoms with E-state index >= 15 is 0 Å². The zero-order valence-corrected chi connectivity index (χ0v) is 16.9. The second-order valence-electron chi connectivity index (χ2n) is 6.28. The molecule has 156 valence electrons. The Hall–Kier alpha value is -2.91. The van der Waals surface area contributed by atoms with E-state index in [1.807, 2.05) is 0 Å². The average Bonchev–Trinajstić information content (AvgIpc) is 2.69. The minimum atomic E-state index is -3.88. The number of carbonyl (C=O) groups is 2. The van der Waals surface area contributed by atoms with Crippen molar-refractivity contribution in [2.75, 3.05) is 18.5 Å². The van der Waals surface area contributed by atoms with E-state index in [1.165, 1.54) is 24.3 Å². The van der Waals surface area contributed by atoms with Crippen molar-refractivity contribution in [3.63, 3.8) is 0 Å². The van der Waals surface area contributed by atoms with Gasteiger partial charge in [0, 0.05) is 5.69 Å². The zero-order chi connectivity index (χ0) is 21.3. The Morgan fingerprint density at radius 1 is 1.07 bits per heavy atom. The smallest absolute Gasteiger partial charge is 0.338 e. The third kappa shape index (κ3) is 7.55. The van der Waals surface area contributed by atoms with E-state index in [0.29, 0.717) is 12.4 Å². The van der Waals surface area contributed by atoms with Crippen LogP contribution in [-0.4, -0.2) is 33.5 Å². The van der Waals surface area contributed by atoms with Gasteiger partial charge in [-0.15, -0.1) is 0 Å². The number of carbonyl (C=O) groups excluding carboxylic acids is 2. The Labute approximate surface area is 170 Å². The molecule has 0 aliphatic carbocycles. The van der Waals surface area contributed by atoms with Crippen LogP contribution in [0.1, 0.15) is 36.5 Å².